The Morgan fingerprint density at radius 3 is 2.48 bits per heavy atom. The Hall–Kier alpha value is -3.66. The summed E-state index contributed by atoms with van der Waals surface area (Å²) in [7, 11) is 0. The third-order valence-electron chi connectivity index (χ3n) is 4.79. The van der Waals surface area contributed by atoms with Crippen molar-refractivity contribution >= 4 is 39.8 Å². The fourth-order valence-corrected chi connectivity index (χ4v) is 4.05. The van der Waals surface area contributed by atoms with E-state index in [1.165, 1.54) is 11.0 Å². The first kappa shape index (κ1) is 22.0. The van der Waals surface area contributed by atoms with Crippen LogP contribution in [0, 0.1) is 0 Å². The second kappa shape index (κ2) is 9.90. The molecule has 1 aromatic heterocycles. The Labute approximate surface area is 180 Å². The number of nitrogens with one attached hydrogen (secondary N) is 2. The number of phenolic OH excluding ortho intramolecular Hbond substituents is 1. The Morgan fingerprint density at radius 2 is 1.81 bits per heavy atom. The number of carbonyl (C=O) groups excluding carboxylic acids is 2. The van der Waals surface area contributed by atoms with E-state index in [1.54, 1.807) is 30.3 Å². The lowest BCUT2D eigenvalue weighted by Crippen LogP contribution is -2.33. The number of aldehydes is 1. The van der Waals surface area contributed by atoms with Crippen LogP contribution in [0.15, 0.2) is 41.2 Å². The van der Waals surface area contributed by atoms with Crippen LogP contribution >= 0.6 is 11.3 Å². The normalized spacial score (nSPS) is 10.7. The van der Waals surface area contributed by atoms with Crippen molar-refractivity contribution in [2.75, 3.05) is 19.6 Å². The molecule has 10 heteroatoms. The predicted octanol–water partition coefficient (Wildman–Crippen LogP) is 1.99. The number of rotatable bonds is 9. The molecule has 0 atom stereocenters. The number of amides is 2. The van der Waals surface area contributed by atoms with E-state index < -0.39 is 6.09 Å². The van der Waals surface area contributed by atoms with Crippen LogP contribution in [-0.2, 0) is 17.6 Å². The number of thiazole rings is 1. The molecule has 1 heterocycles. The zero-order chi connectivity index (χ0) is 22.4. The number of aromatic nitrogens is 1. The van der Waals surface area contributed by atoms with E-state index in [-0.39, 0.29) is 36.2 Å². The van der Waals surface area contributed by atoms with E-state index >= 15 is 0 Å². The molecule has 3 rings (SSSR count). The molecule has 3 aromatic rings. The maximum atomic E-state index is 11.8. The van der Waals surface area contributed by atoms with Gasteiger partial charge in [0.25, 0.3) is 5.91 Å². The Balaban J connectivity index is 1.61. The molecular weight excluding hydrogens is 422 g/mol. The summed E-state index contributed by atoms with van der Waals surface area (Å²) in [6.07, 6.45) is 0.409. The molecule has 4 N–H and O–H groups in total. The lowest BCUT2D eigenvalue weighted by molar-refractivity contribution is -0.107. The van der Waals surface area contributed by atoms with Gasteiger partial charge in [0.15, 0.2) is 0 Å². The molecule has 9 nitrogen and oxygen atoms in total. The molecule has 0 bridgehead atoms. The van der Waals surface area contributed by atoms with Crippen molar-refractivity contribution in [2.24, 2.45) is 0 Å². The fourth-order valence-electron chi connectivity index (χ4n) is 3.15. The van der Waals surface area contributed by atoms with Gasteiger partial charge >= 0.3 is 11.0 Å². The first-order chi connectivity index (χ1) is 14.9. The zero-order valence-corrected chi connectivity index (χ0v) is 17.3. The van der Waals surface area contributed by atoms with E-state index in [4.69, 9.17) is 0 Å². The van der Waals surface area contributed by atoms with Gasteiger partial charge in [0, 0.05) is 18.7 Å². The van der Waals surface area contributed by atoms with E-state index in [1.807, 2.05) is 0 Å². The van der Waals surface area contributed by atoms with E-state index in [0.717, 1.165) is 22.5 Å². The van der Waals surface area contributed by atoms with Gasteiger partial charge in [0.2, 0.25) is 0 Å². The lowest BCUT2D eigenvalue weighted by atomic mass is 10.1. The molecule has 0 aliphatic carbocycles. The van der Waals surface area contributed by atoms with Gasteiger partial charge in [-0.1, -0.05) is 29.5 Å². The highest BCUT2D eigenvalue weighted by Gasteiger charge is 2.15. The van der Waals surface area contributed by atoms with Gasteiger partial charge in [-0.3, -0.25) is 9.59 Å². The quantitative estimate of drug-likeness (QED) is 0.373. The topological polar surface area (TPSA) is 140 Å². The van der Waals surface area contributed by atoms with Crippen LogP contribution in [0.3, 0.4) is 0 Å². The second-order valence-corrected chi connectivity index (χ2v) is 7.79. The number of phenols is 1. The smallest absolute Gasteiger partial charge is 0.407 e. The summed E-state index contributed by atoms with van der Waals surface area (Å²) >= 11 is 0.983. The maximum Gasteiger partial charge on any atom is 0.407 e. The molecule has 2 amide bonds. The molecule has 0 saturated carbocycles. The lowest BCUT2D eigenvalue weighted by Gasteiger charge is -2.19. The second-order valence-electron chi connectivity index (χ2n) is 6.81. The van der Waals surface area contributed by atoms with Crippen LogP contribution in [0.5, 0.6) is 5.75 Å². The van der Waals surface area contributed by atoms with Crippen molar-refractivity contribution in [3.05, 3.63) is 62.8 Å². The summed E-state index contributed by atoms with van der Waals surface area (Å²) in [5.74, 6) is -0.367. The standard InChI is InChI=1S/C21H21N3O6S/c25-12-9-22-19(27)15-3-1-13(2-4-15)7-10-24(21(29)30)11-8-14-5-6-16(26)17-18(14)31-20(28)23-17/h1-6,12,26H,7-11H2,(H,22,27)(H,23,28)(H,29,30). The fraction of sp³-hybridized carbons (Fsp3) is 0.238. The molecule has 0 aliphatic rings. The van der Waals surface area contributed by atoms with Gasteiger partial charge in [-0.05, 0) is 42.2 Å². The molecule has 0 saturated heterocycles. The summed E-state index contributed by atoms with van der Waals surface area (Å²) in [6, 6.07) is 9.92. The highest BCUT2D eigenvalue weighted by Crippen LogP contribution is 2.28. The zero-order valence-electron chi connectivity index (χ0n) is 16.5. The number of hydrogen-bond donors (Lipinski definition) is 4. The van der Waals surface area contributed by atoms with Gasteiger partial charge in [0.1, 0.15) is 17.6 Å². The number of aromatic amines is 1. The predicted molar refractivity (Wildman–Crippen MR) is 116 cm³/mol. The number of fused-ring (bicyclic) bond motifs is 1. The summed E-state index contributed by atoms with van der Waals surface area (Å²) in [5, 5.41) is 21.9. The number of carboxylic acid groups (broad SMARTS) is 1. The van der Waals surface area contributed by atoms with Gasteiger partial charge < -0.3 is 30.2 Å². The Morgan fingerprint density at radius 1 is 1.10 bits per heavy atom. The first-order valence-electron chi connectivity index (χ1n) is 9.51. The average molecular weight is 443 g/mol. The molecule has 0 unspecified atom stereocenters. The van der Waals surface area contributed by atoms with E-state index in [0.29, 0.717) is 34.9 Å². The van der Waals surface area contributed by atoms with Gasteiger partial charge in [-0.15, -0.1) is 0 Å². The first-order valence-corrected chi connectivity index (χ1v) is 10.3. The van der Waals surface area contributed by atoms with Crippen LogP contribution in [0.1, 0.15) is 21.5 Å². The number of benzene rings is 2. The largest absolute Gasteiger partial charge is 0.506 e. The molecule has 0 radical (unpaired) electrons. The monoisotopic (exact) mass is 443 g/mol. The number of hydrogen-bond acceptors (Lipinski definition) is 6. The van der Waals surface area contributed by atoms with Gasteiger partial charge in [0.05, 0.1) is 11.2 Å². The van der Waals surface area contributed by atoms with Crippen molar-refractivity contribution in [3.8, 4) is 5.75 Å². The van der Waals surface area contributed by atoms with Crippen molar-refractivity contribution in [2.45, 2.75) is 12.8 Å². The molecule has 0 fully saturated rings. The molecular formula is C21H21N3O6S. The van der Waals surface area contributed by atoms with Crippen LogP contribution in [-0.4, -0.2) is 58.0 Å². The minimum absolute atomic E-state index is 0.0181. The summed E-state index contributed by atoms with van der Waals surface area (Å²) in [6.45, 7) is 0.436. The van der Waals surface area contributed by atoms with Crippen LogP contribution in [0.2, 0.25) is 0 Å². The summed E-state index contributed by atoms with van der Waals surface area (Å²) in [4.78, 5) is 49.0. The summed E-state index contributed by atoms with van der Waals surface area (Å²) < 4.78 is 0.624. The maximum absolute atomic E-state index is 11.8. The third-order valence-corrected chi connectivity index (χ3v) is 5.75. The van der Waals surface area contributed by atoms with Gasteiger partial charge in [-0.25, -0.2) is 4.79 Å². The number of nitrogens with zero attached hydrogens (tertiary/aromatic N) is 1. The minimum atomic E-state index is -1.05. The molecule has 162 valence electrons. The van der Waals surface area contributed by atoms with Crippen LogP contribution < -0.4 is 10.2 Å². The van der Waals surface area contributed by atoms with E-state index in [9.17, 15) is 29.4 Å². The average Bonchev–Trinajstić information content (AvgIpc) is 3.16. The summed E-state index contributed by atoms with van der Waals surface area (Å²) in [5.41, 5.74) is 2.44. The Bertz CT molecular complexity index is 1150. The highest BCUT2D eigenvalue weighted by molar-refractivity contribution is 7.16. The number of aromatic hydroxyl groups is 1. The third kappa shape index (κ3) is 5.48. The Kier molecular flexibility index (Phi) is 7.03. The van der Waals surface area contributed by atoms with Crippen LogP contribution in [0.4, 0.5) is 4.79 Å². The highest BCUT2D eigenvalue weighted by atomic mass is 32.1. The molecule has 31 heavy (non-hydrogen) atoms. The SMILES string of the molecule is O=CCNC(=O)c1ccc(CCN(CCc2ccc(O)c3[nH]c(=O)sc23)C(=O)O)cc1. The van der Waals surface area contributed by atoms with E-state index in [2.05, 4.69) is 10.3 Å². The molecule has 2 aromatic carbocycles. The number of carbonyl (C=O) groups is 3. The van der Waals surface area contributed by atoms with Crippen molar-refractivity contribution < 1.29 is 24.6 Å². The van der Waals surface area contributed by atoms with Crippen LogP contribution in [0.25, 0.3) is 10.2 Å². The molecule has 0 aliphatic heterocycles. The van der Waals surface area contributed by atoms with Gasteiger partial charge in [-0.2, -0.15) is 0 Å². The molecule has 0 spiro atoms. The number of H-pyrrole nitrogens is 1. The minimum Gasteiger partial charge on any atom is -0.506 e. The van der Waals surface area contributed by atoms with Crippen molar-refractivity contribution in [1.82, 2.24) is 15.2 Å². The van der Waals surface area contributed by atoms with Crippen molar-refractivity contribution in [1.29, 1.82) is 0 Å². The van der Waals surface area contributed by atoms with Crippen molar-refractivity contribution in [3.63, 3.8) is 0 Å².